The Bertz CT molecular complexity index is 1290. The average molecular weight is 468 g/mol. The number of imidazole rings is 1. The lowest BCUT2D eigenvalue weighted by Crippen LogP contribution is -2.26. The van der Waals surface area contributed by atoms with E-state index in [9.17, 15) is 0 Å². The Balaban J connectivity index is 1.56. The van der Waals surface area contributed by atoms with Crippen LogP contribution < -0.4 is 10.7 Å². The van der Waals surface area contributed by atoms with E-state index in [4.69, 9.17) is 4.98 Å². The summed E-state index contributed by atoms with van der Waals surface area (Å²) in [5.41, 5.74) is 5.40. The van der Waals surface area contributed by atoms with E-state index in [0.717, 1.165) is 59.1 Å². The summed E-state index contributed by atoms with van der Waals surface area (Å²) in [6.45, 7) is 13.3. The van der Waals surface area contributed by atoms with Crippen LogP contribution in [0.5, 0.6) is 0 Å². The quantitative estimate of drug-likeness (QED) is 0.370. The van der Waals surface area contributed by atoms with Crippen molar-refractivity contribution < 1.29 is 0 Å². The maximum Gasteiger partial charge on any atom is 0.109 e. The maximum absolute atomic E-state index is 4.76. The second kappa shape index (κ2) is 12.7. The first kappa shape index (κ1) is 25.9. The van der Waals surface area contributed by atoms with Gasteiger partial charge in [-0.15, -0.1) is 0 Å². The molecule has 1 aromatic carbocycles. The molecular weight excluding hydrogens is 430 g/mol. The Kier molecular flexibility index (Phi) is 9.36. The van der Waals surface area contributed by atoms with Gasteiger partial charge >= 0.3 is 0 Å². The summed E-state index contributed by atoms with van der Waals surface area (Å²) >= 11 is 0. The fourth-order valence-electron chi connectivity index (χ4n) is 3.97. The van der Waals surface area contributed by atoms with Crippen LogP contribution in [0, 0.1) is 0 Å². The van der Waals surface area contributed by atoms with Crippen LogP contribution in [-0.2, 0) is 20.0 Å². The first-order valence-corrected chi connectivity index (χ1v) is 12.2. The van der Waals surface area contributed by atoms with Crippen molar-refractivity contribution >= 4 is 24.6 Å². The summed E-state index contributed by atoms with van der Waals surface area (Å²) in [5.74, 6) is 1.08. The lowest BCUT2D eigenvalue weighted by Gasteiger charge is -2.23. The molecule has 3 rings (SSSR count). The van der Waals surface area contributed by atoms with Crippen LogP contribution >= 0.6 is 0 Å². The second-order valence-electron chi connectivity index (χ2n) is 8.80. The normalized spacial score (nSPS) is 15.4. The highest BCUT2D eigenvalue weighted by Crippen LogP contribution is 2.25. The van der Waals surface area contributed by atoms with Gasteiger partial charge in [0.05, 0.1) is 23.0 Å². The zero-order chi connectivity index (χ0) is 25.2. The molecule has 2 heterocycles. The molecule has 182 valence electrons. The molecule has 0 radical (unpaired) electrons. The average Bonchev–Trinajstić information content (AvgIpc) is 3.13. The van der Waals surface area contributed by atoms with Gasteiger partial charge in [0.15, 0.2) is 0 Å². The predicted molar refractivity (Wildman–Crippen MR) is 150 cm³/mol. The highest BCUT2D eigenvalue weighted by atomic mass is 15.4. The highest BCUT2D eigenvalue weighted by molar-refractivity contribution is 6.16. The van der Waals surface area contributed by atoms with Crippen molar-refractivity contribution in [2.45, 2.75) is 46.1 Å². The van der Waals surface area contributed by atoms with Gasteiger partial charge in [0, 0.05) is 32.9 Å². The van der Waals surface area contributed by atoms with E-state index in [1.54, 1.807) is 0 Å². The second-order valence-corrected chi connectivity index (χ2v) is 8.80. The number of hydrogen-bond acceptors (Lipinski definition) is 4. The van der Waals surface area contributed by atoms with Gasteiger partial charge < -0.3 is 4.57 Å². The van der Waals surface area contributed by atoms with Gasteiger partial charge in [0.25, 0.3) is 0 Å². The molecule has 35 heavy (non-hydrogen) atoms. The minimum Gasteiger partial charge on any atom is -0.332 e. The molecule has 0 fully saturated rings. The number of hydrogen-bond donors (Lipinski definition) is 0. The van der Waals surface area contributed by atoms with Gasteiger partial charge in [-0.2, -0.15) is 5.10 Å². The van der Waals surface area contributed by atoms with Crippen molar-refractivity contribution in [1.29, 1.82) is 0 Å². The summed E-state index contributed by atoms with van der Waals surface area (Å²) in [6.07, 6.45) is 16.0. The SMILES string of the molecule is C=C1C(CCCCc2n/c(=C/C=C\C)c(=C)n2C)=CN(C)N=C1/C(C)=C/C=NCc1ccccc1. The first-order valence-electron chi connectivity index (χ1n) is 12.2. The van der Waals surface area contributed by atoms with E-state index < -0.39 is 0 Å². The Morgan fingerprint density at radius 2 is 1.83 bits per heavy atom. The van der Waals surface area contributed by atoms with Crippen molar-refractivity contribution in [3.8, 4) is 0 Å². The molecule has 0 spiro atoms. The number of aryl methyl sites for hydroxylation is 1. The Hall–Kier alpha value is -3.73. The van der Waals surface area contributed by atoms with Crippen molar-refractivity contribution in [3.05, 3.63) is 100 Å². The van der Waals surface area contributed by atoms with Gasteiger partial charge in [0.2, 0.25) is 0 Å². The molecule has 5 nitrogen and oxygen atoms in total. The van der Waals surface area contributed by atoms with Gasteiger partial charge in [-0.1, -0.05) is 55.6 Å². The van der Waals surface area contributed by atoms with Crippen LogP contribution in [-0.4, -0.2) is 33.5 Å². The van der Waals surface area contributed by atoms with Crippen LogP contribution in [0.4, 0.5) is 0 Å². The molecule has 0 atom stereocenters. The van der Waals surface area contributed by atoms with Crippen molar-refractivity contribution in [2.75, 3.05) is 7.05 Å². The van der Waals surface area contributed by atoms with Gasteiger partial charge in [-0.25, -0.2) is 4.98 Å². The van der Waals surface area contributed by atoms with Crippen molar-refractivity contribution in [3.63, 3.8) is 0 Å². The Morgan fingerprint density at radius 1 is 1.09 bits per heavy atom. The molecule has 1 aliphatic heterocycles. The van der Waals surface area contributed by atoms with Crippen molar-refractivity contribution in [1.82, 2.24) is 14.6 Å². The van der Waals surface area contributed by atoms with Gasteiger partial charge in [0.1, 0.15) is 5.82 Å². The number of rotatable bonds is 10. The summed E-state index contributed by atoms with van der Waals surface area (Å²) in [4.78, 5) is 9.29. The molecule has 1 aromatic heterocycles. The number of hydrazone groups is 1. The molecule has 5 heteroatoms. The van der Waals surface area contributed by atoms with Crippen LogP contribution in [0.15, 0.2) is 88.2 Å². The largest absolute Gasteiger partial charge is 0.332 e. The fourth-order valence-corrected chi connectivity index (χ4v) is 3.97. The van der Waals surface area contributed by atoms with Crippen molar-refractivity contribution in [2.24, 2.45) is 17.1 Å². The Labute approximate surface area is 209 Å². The third-order valence-corrected chi connectivity index (χ3v) is 6.07. The number of benzene rings is 1. The van der Waals surface area contributed by atoms with Crippen LogP contribution in [0.1, 0.15) is 44.5 Å². The van der Waals surface area contributed by atoms with E-state index in [2.05, 4.69) is 53.1 Å². The zero-order valence-electron chi connectivity index (χ0n) is 21.5. The van der Waals surface area contributed by atoms with E-state index in [-0.39, 0.29) is 0 Å². The standard InChI is InChI=1S/C30H37N5/c1-7-8-17-28-25(4)35(6)29(32-28)18-13-12-16-27-22-34(5)33-30(24(27)3)23(2)19-20-31-21-26-14-10-9-11-15-26/h7-11,14-15,17,19-20,22H,3-4,12-13,16,18,21H2,1-2,5-6H3/b8-7-,23-19+,28-17+,31-20?. The number of nitrogens with zero attached hydrogens (tertiary/aromatic N) is 5. The number of unbranched alkanes of at least 4 members (excludes halogenated alkanes) is 1. The molecule has 0 aliphatic carbocycles. The molecule has 0 saturated carbocycles. The number of allylic oxidation sites excluding steroid dienone is 6. The lowest BCUT2D eigenvalue weighted by molar-refractivity contribution is 0.478. The monoisotopic (exact) mass is 467 g/mol. The summed E-state index contributed by atoms with van der Waals surface area (Å²) in [5, 5.41) is 8.48. The molecule has 1 aliphatic rings. The topological polar surface area (TPSA) is 45.8 Å². The molecule has 0 N–H and O–H groups in total. The predicted octanol–water partition coefficient (Wildman–Crippen LogP) is 4.86. The van der Waals surface area contributed by atoms with Gasteiger partial charge in [-0.05, 0) is 67.5 Å². The molecule has 0 unspecified atom stereocenters. The molecule has 2 aromatic rings. The molecule has 0 saturated heterocycles. The van der Waals surface area contributed by atoms with E-state index >= 15 is 0 Å². The van der Waals surface area contributed by atoms with Crippen LogP contribution in [0.2, 0.25) is 0 Å². The Morgan fingerprint density at radius 3 is 2.57 bits per heavy atom. The van der Waals surface area contributed by atoms with E-state index in [0.29, 0.717) is 6.54 Å². The van der Waals surface area contributed by atoms with Gasteiger partial charge in [-0.3, -0.25) is 10.0 Å². The molecule has 0 amide bonds. The number of aromatic nitrogens is 2. The fraction of sp³-hybridized carbons (Fsp3) is 0.300. The van der Waals surface area contributed by atoms with Crippen LogP contribution in [0.25, 0.3) is 12.7 Å². The first-order chi connectivity index (χ1) is 16.9. The number of aliphatic imine (C=N–C) groups is 1. The third kappa shape index (κ3) is 7.12. The minimum absolute atomic E-state index is 0.670. The zero-order valence-corrected chi connectivity index (χ0v) is 21.5. The molecule has 0 bridgehead atoms. The smallest absolute Gasteiger partial charge is 0.109 e. The molecular formula is C30H37N5. The minimum atomic E-state index is 0.670. The highest BCUT2D eigenvalue weighted by Gasteiger charge is 2.17. The van der Waals surface area contributed by atoms with E-state index in [1.807, 2.05) is 74.7 Å². The van der Waals surface area contributed by atoms with E-state index in [1.165, 1.54) is 11.1 Å². The lowest BCUT2D eigenvalue weighted by atomic mass is 9.93. The third-order valence-electron chi connectivity index (χ3n) is 6.07. The maximum atomic E-state index is 4.76. The summed E-state index contributed by atoms with van der Waals surface area (Å²) in [7, 11) is 4.01. The summed E-state index contributed by atoms with van der Waals surface area (Å²) < 4.78 is 2.10. The van der Waals surface area contributed by atoms with Crippen LogP contribution in [0.3, 0.4) is 0 Å². The summed E-state index contributed by atoms with van der Waals surface area (Å²) in [6, 6.07) is 10.3.